The average Bonchev–Trinajstić information content (AvgIpc) is 3.13. The van der Waals surface area contributed by atoms with E-state index in [0.717, 1.165) is 5.56 Å². The number of aromatic nitrogens is 3. The summed E-state index contributed by atoms with van der Waals surface area (Å²) in [6.07, 6.45) is 0. The van der Waals surface area contributed by atoms with Crippen molar-refractivity contribution < 1.29 is 14.3 Å². The molecule has 0 spiro atoms. The number of anilines is 1. The van der Waals surface area contributed by atoms with Crippen LogP contribution < -0.4 is 20.1 Å². The molecular formula is C19H18BrN5O3. The van der Waals surface area contributed by atoms with E-state index in [1.807, 2.05) is 37.3 Å². The van der Waals surface area contributed by atoms with Gasteiger partial charge in [0.2, 0.25) is 0 Å². The number of urea groups is 1. The predicted octanol–water partition coefficient (Wildman–Crippen LogP) is 3.56. The highest BCUT2D eigenvalue weighted by atomic mass is 79.9. The molecule has 0 radical (unpaired) electrons. The van der Waals surface area contributed by atoms with Gasteiger partial charge < -0.3 is 20.1 Å². The quantitative estimate of drug-likeness (QED) is 0.572. The number of hydrogen-bond acceptors (Lipinski definition) is 5. The van der Waals surface area contributed by atoms with Crippen LogP contribution in [0.3, 0.4) is 0 Å². The van der Waals surface area contributed by atoms with Gasteiger partial charge in [-0.3, -0.25) is 5.10 Å². The molecule has 2 amide bonds. The molecule has 1 atom stereocenters. The summed E-state index contributed by atoms with van der Waals surface area (Å²) in [7, 11) is 0. The fourth-order valence-electron chi connectivity index (χ4n) is 2.88. The van der Waals surface area contributed by atoms with Crippen molar-refractivity contribution in [3.05, 3.63) is 64.1 Å². The number of nitrogens with zero attached hydrogens (tertiary/aromatic N) is 2. The van der Waals surface area contributed by atoms with Gasteiger partial charge in [-0.1, -0.05) is 30.3 Å². The fraction of sp³-hybridized carbons (Fsp3) is 0.211. The lowest BCUT2D eigenvalue weighted by Crippen LogP contribution is -2.34. The Kier molecular flexibility index (Phi) is 5.16. The average molecular weight is 444 g/mol. The van der Waals surface area contributed by atoms with Crippen LogP contribution in [0.15, 0.2) is 46.9 Å². The Hall–Kier alpha value is -3.07. The number of nitrogens with one attached hydrogen (secondary N) is 3. The molecule has 2 aromatic carbocycles. The van der Waals surface area contributed by atoms with Crippen molar-refractivity contribution in [2.75, 3.05) is 18.5 Å². The maximum absolute atomic E-state index is 12.7. The van der Waals surface area contributed by atoms with Crippen LogP contribution in [0, 0.1) is 6.92 Å². The second-order valence-corrected chi connectivity index (χ2v) is 7.05. The number of carbonyl (C=O) groups is 1. The lowest BCUT2D eigenvalue weighted by Gasteiger charge is -2.21. The highest BCUT2D eigenvalue weighted by Crippen LogP contribution is 2.38. The Morgan fingerprint density at radius 1 is 1.18 bits per heavy atom. The summed E-state index contributed by atoms with van der Waals surface area (Å²) in [6.45, 7) is 2.78. The van der Waals surface area contributed by atoms with Crippen LogP contribution in [0.25, 0.3) is 0 Å². The van der Waals surface area contributed by atoms with Crippen LogP contribution in [-0.4, -0.2) is 34.4 Å². The van der Waals surface area contributed by atoms with E-state index in [2.05, 4.69) is 41.7 Å². The van der Waals surface area contributed by atoms with Crippen molar-refractivity contribution in [2.24, 2.45) is 0 Å². The number of aromatic amines is 1. The zero-order valence-electron chi connectivity index (χ0n) is 15.0. The van der Waals surface area contributed by atoms with Gasteiger partial charge in [0.05, 0.1) is 5.69 Å². The summed E-state index contributed by atoms with van der Waals surface area (Å²) < 4.78 is 11.8. The third-order valence-electron chi connectivity index (χ3n) is 4.16. The zero-order chi connectivity index (χ0) is 19.5. The highest BCUT2D eigenvalue weighted by Gasteiger charge is 2.22. The molecule has 0 saturated carbocycles. The van der Waals surface area contributed by atoms with Crippen LogP contribution in [0.5, 0.6) is 11.5 Å². The predicted molar refractivity (Wildman–Crippen MR) is 107 cm³/mol. The van der Waals surface area contributed by atoms with E-state index in [-0.39, 0.29) is 0 Å². The topological polar surface area (TPSA) is 101 Å². The number of rotatable bonds is 4. The largest absolute Gasteiger partial charge is 0.486 e. The third-order valence-corrected chi connectivity index (χ3v) is 4.82. The van der Waals surface area contributed by atoms with Gasteiger partial charge in [0, 0.05) is 16.6 Å². The molecular weight excluding hydrogens is 426 g/mol. The number of aryl methyl sites for hydroxylation is 1. The van der Waals surface area contributed by atoms with E-state index in [4.69, 9.17) is 9.47 Å². The van der Waals surface area contributed by atoms with E-state index in [1.165, 1.54) is 0 Å². The second kappa shape index (κ2) is 7.89. The van der Waals surface area contributed by atoms with Crippen molar-refractivity contribution in [1.29, 1.82) is 0 Å². The molecule has 0 aliphatic carbocycles. The third kappa shape index (κ3) is 3.94. The van der Waals surface area contributed by atoms with Gasteiger partial charge in [-0.25, -0.2) is 9.78 Å². The van der Waals surface area contributed by atoms with Crippen LogP contribution >= 0.6 is 15.9 Å². The van der Waals surface area contributed by atoms with E-state index in [0.29, 0.717) is 46.5 Å². The van der Waals surface area contributed by atoms with Gasteiger partial charge in [0.25, 0.3) is 0 Å². The van der Waals surface area contributed by atoms with Gasteiger partial charge in [-0.15, -0.1) is 0 Å². The first-order valence-corrected chi connectivity index (χ1v) is 9.50. The first-order chi connectivity index (χ1) is 13.6. The Morgan fingerprint density at radius 3 is 2.57 bits per heavy atom. The molecule has 2 heterocycles. The standard InChI is InChI=1S/C19H18BrN5O3/c1-11-21-18(25-24-11)17(12-5-3-2-4-6-12)23-19(26)22-14-10-16-15(9-13(14)20)27-7-8-28-16/h2-6,9-10,17H,7-8H2,1H3,(H,21,24,25)(H2,22,23,26). The highest BCUT2D eigenvalue weighted by molar-refractivity contribution is 9.10. The van der Waals surface area contributed by atoms with E-state index >= 15 is 0 Å². The van der Waals surface area contributed by atoms with Gasteiger partial charge in [-0.2, -0.15) is 5.10 Å². The molecule has 9 heteroatoms. The van der Waals surface area contributed by atoms with Crippen LogP contribution in [-0.2, 0) is 0 Å². The Balaban J connectivity index is 1.55. The minimum atomic E-state index is -0.498. The molecule has 0 saturated heterocycles. The molecule has 1 aliphatic heterocycles. The lowest BCUT2D eigenvalue weighted by molar-refractivity contribution is 0.171. The Labute approximate surface area is 169 Å². The summed E-state index contributed by atoms with van der Waals surface area (Å²) in [4.78, 5) is 17.1. The monoisotopic (exact) mass is 443 g/mol. The maximum atomic E-state index is 12.7. The van der Waals surface area contributed by atoms with Crippen molar-refractivity contribution >= 4 is 27.6 Å². The minimum absolute atomic E-state index is 0.395. The molecule has 1 aliphatic rings. The number of halogens is 1. The molecule has 4 rings (SSSR count). The van der Waals surface area contributed by atoms with Crippen molar-refractivity contribution in [3.8, 4) is 11.5 Å². The number of amides is 2. The number of ether oxygens (including phenoxy) is 2. The molecule has 0 bridgehead atoms. The Morgan fingerprint density at radius 2 is 1.89 bits per heavy atom. The molecule has 8 nitrogen and oxygen atoms in total. The van der Waals surface area contributed by atoms with Crippen LogP contribution in [0.1, 0.15) is 23.3 Å². The van der Waals surface area contributed by atoms with E-state index < -0.39 is 12.1 Å². The molecule has 3 N–H and O–H groups in total. The van der Waals surface area contributed by atoms with Gasteiger partial charge in [0.15, 0.2) is 17.3 Å². The summed E-state index contributed by atoms with van der Waals surface area (Å²) in [6, 6.07) is 12.2. The normalized spacial score (nSPS) is 13.6. The van der Waals surface area contributed by atoms with Crippen molar-refractivity contribution in [1.82, 2.24) is 20.5 Å². The summed E-state index contributed by atoms with van der Waals surface area (Å²) in [5, 5.41) is 12.8. The summed E-state index contributed by atoms with van der Waals surface area (Å²) in [5.41, 5.74) is 1.44. The number of H-pyrrole nitrogens is 1. The maximum Gasteiger partial charge on any atom is 0.320 e. The van der Waals surface area contributed by atoms with Crippen molar-refractivity contribution in [2.45, 2.75) is 13.0 Å². The minimum Gasteiger partial charge on any atom is -0.486 e. The smallest absolute Gasteiger partial charge is 0.320 e. The number of fused-ring (bicyclic) bond motifs is 1. The number of hydrogen-bond donors (Lipinski definition) is 3. The molecule has 1 unspecified atom stereocenters. The number of carbonyl (C=O) groups excluding carboxylic acids is 1. The Bertz CT molecular complexity index is 992. The van der Waals surface area contributed by atoms with Gasteiger partial charge in [-0.05, 0) is 28.4 Å². The van der Waals surface area contributed by atoms with E-state index in [1.54, 1.807) is 12.1 Å². The fourth-order valence-corrected chi connectivity index (χ4v) is 3.30. The zero-order valence-corrected chi connectivity index (χ0v) is 16.6. The summed E-state index contributed by atoms with van der Waals surface area (Å²) in [5.74, 6) is 2.39. The molecule has 144 valence electrons. The summed E-state index contributed by atoms with van der Waals surface area (Å²) >= 11 is 3.46. The van der Waals surface area contributed by atoms with Gasteiger partial charge >= 0.3 is 6.03 Å². The molecule has 28 heavy (non-hydrogen) atoms. The lowest BCUT2D eigenvalue weighted by atomic mass is 10.1. The first-order valence-electron chi connectivity index (χ1n) is 8.70. The SMILES string of the molecule is Cc1nc(C(NC(=O)Nc2cc3c(cc2Br)OCCO3)c2ccccc2)n[nH]1. The van der Waals surface area contributed by atoms with Crippen LogP contribution in [0.2, 0.25) is 0 Å². The van der Waals surface area contributed by atoms with E-state index in [9.17, 15) is 4.79 Å². The molecule has 1 aromatic heterocycles. The first kappa shape index (κ1) is 18.3. The van der Waals surface area contributed by atoms with Gasteiger partial charge in [0.1, 0.15) is 25.1 Å². The van der Waals surface area contributed by atoms with Crippen molar-refractivity contribution in [3.63, 3.8) is 0 Å². The molecule has 0 fully saturated rings. The number of benzene rings is 2. The molecule has 3 aromatic rings. The van der Waals surface area contributed by atoms with Crippen LogP contribution in [0.4, 0.5) is 10.5 Å². The second-order valence-electron chi connectivity index (χ2n) is 6.20.